The Morgan fingerprint density at radius 2 is 1.85 bits per heavy atom. The van der Waals surface area contributed by atoms with Crippen LogP contribution in [-0.2, 0) is 16.7 Å². The molecule has 0 N–H and O–H groups in total. The van der Waals surface area contributed by atoms with E-state index in [1.54, 1.807) is 41.3 Å². The van der Waals surface area contributed by atoms with Crippen molar-refractivity contribution < 1.29 is 18.7 Å². The summed E-state index contributed by atoms with van der Waals surface area (Å²) in [6, 6.07) is 12.4. The number of ether oxygens (including phenoxy) is 1. The molecule has 6 heteroatoms. The molecule has 0 saturated carbocycles. The maximum absolute atomic E-state index is 12.2. The number of carbonyl (C=O) groups is 2. The Morgan fingerprint density at radius 1 is 1.11 bits per heavy atom. The molecule has 27 heavy (non-hydrogen) atoms. The van der Waals surface area contributed by atoms with E-state index < -0.39 is 5.97 Å². The van der Waals surface area contributed by atoms with E-state index in [0.717, 1.165) is 5.56 Å². The van der Waals surface area contributed by atoms with Gasteiger partial charge in [0.15, 0.2) is 12.4 Å². The van der Waals surface area contributed by atoms with E-state index in [0.29, 0.717) is 17.9 Å². The van der Waals surface area contributed by atoms with Crippen LogP contribution in [0.15, 0.2) is 59.3 Å². The molecule has 3 rings (SSSR count). The lowest BCUT2D eigenvalue weighted by atomic mass is 9.86. The Morgan fingerprint density at radius 3 is 2.48 bits per heavy atom. The Balaban J connectivity index is 1.55. The van der Waals surface area contributed by atoms with Crippen LogP contribution < -0.4 is 0 Å². The first-order valence-corrected chi connectivity index (χ1v) is 8.70. The molecule has 0 aliphatic rings. The van der Waals surface area contributed by atoms with E-state index in [9.17, 15) is 9.59 Å². The van der Waals surface area contributed by atoms with Gasteiger partial charge >= 0.3 is 5.97 Å². The second-order valence-corrected chi connectivity index (χ2v) is 7.30. The summed E-state index contributed by atoms with van der Waals surface area (Å²) in [5, 5.41) is 4.08. The van der Waals surface area contributed by atoms with Gasteiger partial charge in [-0.3, -0.25) is 9.48 Å². The van der Waals surface area contributed by atoms with Crippen LogP contribution in [-0.4, -0.2) is 28.1 Å². The molecule has 140 valence electrons. The van der Waals surface area contributed by atoms with Crippen LogP contribution in [0.1, 0.15) is 53.0 Å². The summed E-state index contributed by atoms with van der Waals surface area (Å²) in [5.41, 5.74) is 1.66. The molecular weight excluding hydrogens is 344 g/mol. The number of carbonyl (C=O) groups excluding carboxylic acids is 2. The van der Waals surface area contributed by atoms with Crippen LogP contribution in [0.25, 0.3) is 0 Å². The zero-order chi connectivity index (χ0) is 19.4. The van der Waals surface area contributed by atoms with Crippen LogP contribution in [0.3, 0.4) is 0 Å². The SMILES string of the molecule is CC(C)(C)c1ccc(C(=O)COC(=O)c2ccc(Cn3cccn3)o2)cc1. The van der Waals surface area contributed by atoms with Gasteiger partial charge in [0.25, 0.3) is 0 Å². The first kappa shape index (κ1) is 18.6. The molecule has 3 aromatic rings. The summed E-state index contributed by atoms with van der Waals surface area (Å²) in [4.78, 5) is 24.3. The number of rotatable bonds is 6. The fourth-order valence-electron chi connectivity index (χ4n) is 2.57. The summed E-state index contributed by atoms with van der Waals surface area (Å²) >= 11 is 0. The number of esters is 1. The summed E-state index contributed by atoms with van der Waals surface area (Å²) in [7, 11) is 0. The van der Waals surface area contributed by atoms with Crippen molar-refractivity contribution in [1.82, 2.24) is 9.78 Å². The van der Waals surface area contributed by atoms with Gasteiger partial charge in [-0.25, -0.2) is 4.79 Å². The van der Waals surface area contributed by atoms with Gasteiger partial charge in [0.1, 0.15) is 5.76 Å². The lowest BCUT2D eigenvalue weighted by Crippen LogP contribution is -2.15. The maximum atomic E-state index is 12.2. The van der Waals surface area contributed by atoms with Gasteiger partial charge in [0.2, 0.25) is 5.76 Å². The maximum Gasteiger partial charge on any atom is 0.374 e. The molecule has 2 aromatic heterocycles. The minimum Gasteiger partial charge on any atom is -0.452 e. The highest BCUT2D eigenvalue weighted by molar-refractivity contribution is 5.98. The van der Waals surface area contributed by atoms with Gasteiger partial charge in [0.05, 0.1) is 6.54 Å². The van der Waals surface area contributed by atoms with Gasteiger partial charge in [-0.15, -0.1) is 0 Å². The van der Waals surface area contributed by atoms with E-state index in [1.807, 2.05) is 12.1 Å². The van der Waals surface area contributed by atoms with Gasteiger partial charge in [0, 0.05) is 18.0 Å². The average molecular weight is 366 g/mol. The molecule has 0 aliphatic heterocycles. The predicted octanol–water partition coefficient (Wildman–Crippen LogP) is 3.86. The third kappa shape index (κ3) is 4.73. The highest BCUT2D eigenvalue weighted by Gasteiger charge is 2.17. The van der Waals surface area contributed by atoms with Gasteiger partial charge in [-0.1, -0.05) is 45.0 Å². The number of Topliss-reactive ketones (excluding diaryl/α,β-unsaturated/α-hetero) is 1. The molecule has 0 amide bonds. The van der Waals surface area contributed by atoms with Gasteiger partial charge < -0.3 is 9.15 Å². The number of hydrogen-bond acceptors (Lipinski definition) is 5. The van der Waals surface area contributed by atoms with E-state index in [2.05, 4.69) is 25.9 Å². The number of furan rings is 1. The molecule has 6 nitrogen and oxygen atoms in total. The monoisotopic (exact) mass is 366 g/mol. The molecule has 0 fully saturated rings. The molecule has 1 aromatic carbocycles. The van der Waals surface area contributed by atoms with Crippen molar-refractivity contribution in [1.29, 1.82) is 0 Å². The summed E-state index contributed by atoms with van der Waals surface area (Å²) in [5.74, 6) is -0.281. The van der Waals surface area contributed by atoms with E-state index in [-0.39, 0.29) is 23.6 Å². The third-order valence-electron chi connectivity index (χ3n) is 4.15. The number of nitrogens with zero attached hydrogens (tertiary/aromatic N) is 2. The lowest BCUT2D eigenvalue weighted by molar-refractivity contribution is 0.0442. The van der Waals surface area contributed by atoms with Crippen LogP contribution in [0.5, 0.6) is 0 Å². The minimum absolute atomic E-state index is 0.0151. The van der Waals surface area contributed by atoms with Gasteiger partial charge in [-0.05, 0) is 29.2 Å². The third-order valence-corrected chi connectivity index (χ3v) is 4.15. The quantitative estimate of drug-likeness (QED) is 0.489. The largest absolute Gasteiger partial charge is 0.452 e. The predicted molar refractivity (Wildman–Crippen MR) is 99.8 cm³/mol. The second-order valence-electron chi connectivity index (χ2n) is 7.30. The number of aromatic nitrogens is 2. The van der Waals surface area contributed by atoms with Crippen molar-refractivity contribution in [2.75, 3.05) is 6.61 Å². The lowest BCUT2D eigenvalue weighted by Gasteiger charge is -2.18. The molecule has 0 unspecified atom stereocenters. The van der Waals surface area contributed by atoms with E-state index in [1.165, 1.54) is 6.07 Å². The standard InChI is InChI=1S/C21H22N2O4/c1-21(2,3)16-7-5-15(6-8-16)18(24)14-26-20(25)19-10-9-17(27-19)13-23-12-4-11-22-23/h4-12H,13-14H2,1-3H3. The Hall–Kier alpha value is -3.15. The smallest absolute Gasteiger partial charge is 0.374 e. The highest BCUT2D eigenvalue weighted by Crippen LogP contribution is 2.22. The van der Waals surface area contributed by atoms with Crippen LogP contribution in [0, 0.1) is 0 Å². The van der Waals surface area contributed by atoms with Crippen LogP contribution in [0.2, 0.25) is 0 Å². The van der Waals surface area contributed by atoms with Crippen molar-refractivity contribution in [3.8, 4) is 0 Å². The number of benzene rings is 1. The van der Waals surface area contributed by atoms with Gasteiger partial charge in [-0.2, -0.15) is 5.10 Å². The molecule has 2 heterocycles. The Labute approximate surface area is 157 Å². The summed E-state index contributed by atoms with van der Waals surface area (Å²) in [6.07, 6.45) is 3.46. The highest BCUT2D eigenvalue weighted by atomic mass is 16.5. The molecule has 0 radical (unpaired) electrons. The van der Waals surface area contributed by atoms with Crippen molar-refractivity contribution in [3.63, 3.8) is 0 Å². The number of ketones is 1. The molecule has 0 saturated heterocycles. The zero-order valence-electron chi connectivity index (χ0n) is 15.6. The second kappa shape index (κ2) is 7.61. The van der Waals surface area contributed by atoms with Crippen molar-refractivity contribution in [2.24, 2.45) is 0 Å². The van der Waals surface area contributed by atoms with Crippen LogP contribution >= 0.6 is 0 Å². The molecule has 0 aliphatic carbocycles. The summed E-state index contributed by atoms with van der Waals surface area (Å²) < 4.78 is 12.2. The first-order chi connectivity index (χ1) is 12.8. The van der Waals surface area contributed by atoms with E-state index in [4.69, 9.17) is 9.15 Å². The zero-order valence-corrected chi connectivity index (χ0v) is 15.6. The van der Waals surface area contributed by atoms with Crippen molar-refractivity contribution in [3.05, 3.63) is 77.5 Å². The van der Waals surface area contributed by atoms with Crippen molar-refractivity contribution in [2.45, 2.75) is 32.7 Å². The normalized spacial score (nSPS) is 11.4. The molecule has 0 spiro atoms. The molecule has 0 atom stereocenters. The average Bonchev–Trinajstić information content (AvgIpc) is 3.31. The first-order valence-electron chi connectivity index (χ1n) is 8.70. The fraction of sp³-hybridized carbons (Fsp3) is 0.286. The van der Waals surface area contributed by atoms with Crippen molar-refractivity contribution >= 4 is 11.8 Å². The van der Waals surface area contributed by atoms with Crippen LogP contribution in [0.4, 0.5) is 0 Å². The number of hydrogen-bond donors (Lipinski definition) is 0. The fourth-order valence-corrected chi connectivity index (χ4v) is 2.57. The topological polar surface area (TPSA) is 74.3 Å². The molecular formula is C21H22N2O4. The Kier molecular flexibility index (Phi) is 5.26. The Bertz CT molecular complexity index is 916. The molecule has 0 bridgehead atoms. The summed E-state index contributed by atoms with van der Waals surface area (Å²) in [6.45, 7) is 6.41. The van der Waals surface area contributed by atoms with E-state index >= 15 is 0 Å². The minimum atomic E-state index is -0.665.